The summed E-state index contributed by atoms with van der Waals surface area (Å²) >= 11 is 6.19. The van der Waals surface area contributed by atoms with E-state index >= 15 is 0 Å². The molecule has 0 saturated carbocycles. The first kappa shape index (κ1) is 13.6. The van der Waals surface area contributed by atoms with Crippen molar-refractivity contribution in [2.45, 2.75) is 6.54 Å². The van der Waals surface area contributed by atoms with Gasteiger partial charge in [0.15, 0.2) is 0 Å². The zero-order valence-corrected chi connectivity index (χ0v) is 12.1. The van der Waals surface area contributed by atoms with Crippen LogP contribution in [0.4, 0.5) is 5.95 Å². The average molecular weight is 301 g/mol. The highest BCUT2D eigenvalue weighted by atomic mass is 35.5. The van der Waals surface area contributed by atoms with Crippen molar-refractivity contribution in [3.63, 3.8) is 0 Å². The number of methoxy groups -OCH3 is 1. The van der Waals surface area contributed by atoms with Crippen molar-refractivity contribution in [1.82, 2.24) is 15.2 Å². The number of fused-ring (bicyclic) bond motifs is 1. The van der Waals surface area contributed by atoms with Gasteiger partial charge in [-0.1, -0.05) is 29.8 Å². The molecule has 0 bridgehead atoms. The molecule has 3 rings (SSSR count). The van der Waals surface area contributed by atoms with Gasteiger partial charge in [0, 0.05) is 17.1 Å². The first-order chi connectivity index (χ1) is 10.3. The number of rotatable bonds is 4. The molecule has 2 aromatic carbocycles. The van der Waals surface area contributed by atoms with E-state index in [1.165, 1.54) is 0 Å². The number of benzene rings is 2. The Morgan fingerprint density at radius 2 is 1.86 bits per heavy atom. The molecule has 0 spiro atoms. The van der Waals surface area contributed by atoms with Gasteiger partial charge < -0.3 is 10.1 Å². The fraction of sp³-hybridized carbons (Fsp3) is 0.133. The fourth-order valence-electron chi connectivity index (χ4n) is 2.02. The third-order valence-electron chi connectivity index (χ3n) is 3.08. The summed E-state index contributed by atoms with van der Waals surface area (Å²) in [6, 6.07) is 13.1. The van der Waals surface area contributed by atoms with Gasteiger partial charge in [-0.25, -0.2) is 4.98 Å². The van der Waals surface area contributed by atoms with E-state index in [9.17, 15) is 0 Å². The SMILES string of the molecule is COc1cccc(Cl)c1CNc1nnc2ccccc2n1. The molecule has 0 aliphatic carbocycles. The first-order valence-corrected chi connectivity index (χ1v) is 6.80. The number of nitrogens with zero attached hydrogens (tertiary/aromatic N) is 3. The van der Waals surface area contributed by atoms with Gasteiger partial charge in [0.05, 0.1) is 12.6 Å². The van der Waals surface area contributed by atoms with E-state index in [1.807, 2.05) is 42.5 Å². The third kappa shape index (κ3) is 2.87. The Balaban J connectivity index is 1.83. The average Bonchev–Trinajstić information content (AvgIpc) is 2.53. The van der Waals surface area contributed by atoms with Crippen molar-refractivity contribution in [2.24, 2.45) is 0 Å². The van der Waals surface area contributed by atoms with Gasteiger partial charge in [-0.3, -0.25) is 0 Å². The van der Waals surface area contributed by atoms with Crippen LogP contribution in [0.15, 0.2) is 42.5 Å². The predicted molar refractivity (Wildman–Crippen MR) is 82.7 cm³/mol. The minimum atomic E-state index is 0.454. The minimum Gasteiger partial charge on any atom is -0.496 e. The minimum absolute atomic E-state index is 0.454. The van der Waals surface area contributed by atoms with E-state index in [2.05, 4.69) is 20.5 Å². The lowest BCUT2D eigenvalue weighted by atomic mass is 10.2. The molecule has 3 aromatic rings. The van der Waals surface area contributed by atoms with Gasteiger partial charge >= 0.3 is 0 Å². The standard InChI is InChI=1S/C15H13ClN4O/c1-21-14-8-4-5-11(16)10(14)9-17-15-18-12-6-2-3-7-13(12)19-20-15/h2-8H,9H2,1H3,(H,17,18,20). The van der Waals surface area contributed by atoms with Crippen LogP contribution in [0.25, 0.3) is 11.0 Å². The van der Waals surface area contributed by atoms with Crippen LogP contribution in [-0.4, -0.2) is 22.3 Å². The first-order valence-electron chi connectivity index (χ1n) is 6.42. The normalized spacial score (nSPS) is 10.6. The molecule has 106 valence electrons. The van der Waals surface area contributed by atoms with E-state index in [1.54, 1.807) is 7.11 Å². The molecule has 0 aliphatic heterocycles. The maximum absolute atomic E-state index is 6.19. The van der Waals surface area contributed by atoms with E-state index in [0.29, 0.717) is 17.5 Å². The van der Waals surface area contributed by atoms with Gasteiger partial charge in [0.1, 0.15) is 11.3 Å². The summed E-state index contributed by atoms with van der Waals surface area (Å²) in [5.41, 5.74) is 2.41. The zero-order valence-electron chi connectivity index (χ0n) is 11.4. The zero-order chi connectivity index (χ0) is 14.7. The summed E-state index contributed by atoms with van der Waals surface area (Å²) < 4.78 is 5.30. The summed E-state index contributed by atoms with van der Waals surface area (Å²) in [4.78, 5) is 4.41. The molecular formula is C15H13ClN4O. The molecule has 0 radical (unpaired) electrons. The maximum atomic E-state index is 6.19. The molecule has 0 unspecified atom stereocenters. The summed E-state index contributed by atoms with van der Waals surface area (Å²) in [5.74, 6) is 1.18. The molecule has 1 aromatic heterocycles. The number of anilines is 1. The molecular weight excluding hydrogens is 288 g/mol. The van der Waals surface area contributed by atoms with Crippen molar-refractivity contribution >= 4 is 28.6 Å². The van der Waals surface area contributed by atoms with Gasteiger partial charge in [-0.15, -0.1) is 10.2 Å². The molecule has 1 heterocycles. The monoisotopic (exact) mass is 300 g/mol. The second kappa shape index (κ2) is 5.93. The van der Waals surface area contributed by atoms with Gasteiger partial charge in [0.25, 0.3) is 0 Å². The largest absolute Gasteiger partial charge is 0.496 e. The van der Waals surface area contributed by atoms with Crippen molar-refractivity contribution in [1.29, 1.82) is 0 Å². The van der Waals surface area contributed by atoms with Crippen LogP contribution in [0.1, 0.15) is 5.56 Å². The summed E-state index contributed by atoms with van der Waals surface area (Å²) in [6.45, 7) is 0.461. The Morgan fingerprint density at radius 1 is 1.05 bits per heavy atom. The predicted octanol–water partition coefficient (Wildman–Crippen LogP) is 3.30. The van der Waals surface area contributed by atoms with Crippen LogP contribution in [0.2, 0.25) is 5.02 Å². The third-order valence-corrected chi connectivity index (χ3v) is 3.43. The number of ether oxygens (including phenoxy) is 1. The Kier molecular flexibility index (Phi) is 3.83. The second-order valence-electron chi connectivity index (χ2n) is 4.40. The van der Waals surface area contributed by atoms with E-state index < -0.39 is 0 Å². The highest BCUT2D eigenvalue weighted by Crippen LogP contribution is 2.26. The molecule has 21 heavy (non-hydrogen) atoms. The van der Waals surface area contributed by atoms with Gasteiger partial charge in [-0.05, 0) is 24.3 Å². The Hall–Kier alpha value is -2.40. The topological polar surface area (TPSA) is 59.9 Å². The molecule has 0 amide bonds. The highest BCUT2D eigenvalue weighted by molar-refractivity contribution is 6.31. The number of para-hydroxylation sites is 1. The quantitative estimate of drug-likeness (QED) is 0.801. The van der Waals surface area contributed by atoms with Crippen molar-refractivity contribution < 1.29 is 4.74 Å². The molecule has 1 N–H and O–H groups in total. The van der Waals surface area contributed by atoms with Gasteiger partial charge in [0.2, 0.25) is 5.95 Å². The lowest BCUT2D eigenvalue weighted by Gasteiger charge is -2.11. The molecule has 0 fully saturated rings. The van der Waals surface area contributed by atoms with Crippen LogP contribution < -0.4 is 10.1 Å². The van der Waals surface area contributed by atoms with E-state index in [-0.39, 0.29) is 0 Å². The van der Waals surface area contributed by atoms with Crippen molar-refractivity contribution in [2.75, 3.05) is 12.4 Å². The summed E-state index contributed by atoms with van der Waals surface area (Å²) in [6.07, 6.45) is 0. The van der Waals surface area contributed by atoms with E-state index in [0.717, 1.165) is 22.3 Å². The molecule has 0 saturated heterocycles. The maximum Gasteiger partial charge on any atom is 0.243 e. The van der Waals surface area contributed by atoms with Crippen LogP contribution in [0.3, 0.4) is 0 Å². The number of hydrogen-bond donors (Lipinski definition) is 1. The smallest absolute Gasteiger partial charge is 0.243 e. The fourth-order valence-corrected chi connectivity index (χ4v) is 2.26. The van der Waals surface area contributed by atoms with Crippen LogP contribution in [0, 0.1) is 0 Å². The lowest BCUT2D eigenvalue weighted by Crippen LogP contribution is -2.06. The number of halogens is 1. The molecule has 0 atom stereocenters. The number of nitrogens with one attached hydrogen (secondary N) is 1. The summed E-state index contributed by atoms with van der Waals surface area (Å²) in [5, 5.41) is 11.9. The number of aromatic nitrogens is 3. The molecule has 5 nitrogen and oxygen atoms in total. The van der Waals surface area contributed by atoms with Crippen molar-refractivity contribution in [3.8, 4) is 5.75 Å². The van der Waals surface area contributed by atoms with Crippen LogP contribution in [0.5, 0.6) is 5.75 Å². The van der Waals surface area contributed by atoms with E-state index in [4.69, 9.17) is 16.3 Å². The van der Waals surface area contributed by atoms with Crippen LogP contribution in [-0.2, 0) is 6.54 Å². The number of hydrogen-bond acceptors (Lipinski definition) is 5. The molecule has 6 heteroatoms. The van der Waals surface area contributed by atoms with Gasteiger partial charge in [-0.2, -0.15) is 0 Å². The highest BCUT2D eigenvalue weighted by Gasteiger charge is 2.08. The molecule has 0 aliphatic rings. The lowest BCUT2D eigenvalue weighted by molar-refractivity contribution is 0.410. The second-order valence-corrected chi connectivity index (χ2v) is 4.81. The summed E-state index contributed by atoms with van der Waals surface area (Å²) in [7, 11) is 1.61. The van der Waals surface area contributed by atoms with Crippen molar-refractivity contribution in [3.05, 3.63) is 53.1 Å². The Bertz CT molecular complexity index is 778. The van der Waals surface area contributed by atoms with Crippen LogP contribution >= 0.6 is 11.6 Å². The Labute approximate surface area is 126 Å². The Morgan fingerprint density at radius 3 is 2.67 bits per heavy atom.